The standard InChI is InChI=1S/C11H13ClN2.C7H6O.CH3NO/c1-3-6-14-10-5-4-9(7-13)11(12)8(10)2;8-6-7-4-2-1-3-5-7;2-1-3/h4-5,14H,3,6H2,1-2H3;1-6H;1H,(H2,2,3). The number of hydrogen-bond acceptors (Lipinski definition) is 4. The van der Waals surface area contributed by atoms with Crippen molar-refractivity contribution in [3.8, 4) is 6.07 Å². The van der Waals surface area contributed by atoms with Crippen LogP contribution in [-0.4, -0.2) is 19.2 Å². The Kier molecular flexibility index (Phi) is 12.0. The Morgan fingerprint density at radius 1 is 1.20 bits per heavy atom. The van der Waals surface area contributed by atoms with Gasteiger partial charge in [-0.3, -0.25) is 9.59 Å². The van der Waals surface area contributed by atoms with Crippen LogP contribution < -0.4 is 11.1 Å². The molecular formula is C19H22ClN3O2. The maximum absolute atomic E-state index is 10.0. The smallest absolute Gasteiger partial charge is 0.204 e. The third-order valence-corrected chi connectivity index (χ3v) is 3.50. The molecule has 0 aliphatic carbocycles. The number of rotatable bonds is 4. The zero-order chi connectivity index (χ0) is 19.1. The Morgan fingerprint density at radius 3 is 2.24 bits per heavy atom. The molecule has 0 saturated carbocycles. The van der Waals surface area contributed by atoms with Gasteiger partial charge >= 0.3 is 0 Å². The summed E-state index contributed by atoms with van der Waals surface area (Å²) in [7, 11) is 0. The van der Waals surface area contributed by atoms with Crippen LogP contribution in [0.3, 0.4) is 0 Å². The van der Waals surface area contributed by atoms with Gasteiger partial charge in [0, 0.05) is 17.8 Å². The van der Waals surface area contributed by atoms with Crippen molar-refractivity contribution in [3.05, 3.63) is 64.2 Å². The monoisotopic (exact) mass is 359 g/mol. The number of halogens is 1. The number of amides is 1. The largest absolute Gasteiger partial charge is 0.385 e. The summed E-state index contributed by atoms with van der Waals surface area (Å²) in [6.45, 7) is 4.94. The molecule has 2 rings (SSSR count). The van der Waals surface area contributed by atoms with E-state index in [1.54, 1.807) is 18.2 Å². The highest BCUT2D eigenvalue weighted by Gasteiger charge is 2.06. The molecule has 3 N–H and O–H groups in total. The molecule has 1 amide bonds. The van der Waals surface area contributed by atoms with Crippen molar-refractivity contribution >= 4 is 30.0 Å². The Hall–Kier alpha value is -2.84. The van der Waals surface area contributed by atoms with Crippen molar-refractivity contribution in [1.29, 1.82) is 5.26 Å². The van der Waals surface area contributed by atoms with E-state index in [1.165, 1.54) is 0 Å². The number of nitriles is 1. The van der Waals surface area contributed by atoms with Crippen LogP contribution >= 0.6 is 11.6 Å². The van der Waals surface area contributed by atoms with Crippen LogP contribution in [-0.2, 0) is 4.79 Å². The van der Waals surface area contributed by atoms with Crippen molar-refractivity contribution in [2.24, 2.45) is 5.73 Å². The minimum Gasteiger partial charge on any atom is -0.385 e. The fourth-order valence-electron chi connectivity index (χ4n) is 1.75. The summed E-state index contributed by atoms with van der Waals surface area (Å²) >= 11 is 6.01. The van der Waals surface area contributed by atoms with Gasteiger partial charge in [-0.05, 0) is 31.0 Å². The van der Waals surface area contributed by atoms with Crippen LogP contribution in [0, 0.1) is 18.3 Å². The summed E-state index contributed by atoms with van der Waals surface area (Å²) in [5.74, 6) is 0. The fraction of sp³-hybridized carbons (Fsp3) is 0.211. The number of anilines is 1. The molecule has 132 valence electrons. The first-order valence-electron chi connectivity index (χ1n) is 7.64. The van der Waals surface area contributed by atoms with Gasteiger partial charge in [0.05, 0.1) is 10.6 Å². The fourth-order valence-corrected chi connectivity index (χ4v) is 1.96. The molecule has 0 radical (unpaired) electrons. The highest BCUT2D eigenvalue weighted by molar-refractivity contribution is 6.32. The summed E-state index contributed by atoms with van der Waals surface area (Å²) in [4.78, 5) is 18.6. The average Bonchev–Trinajstić information content (AvgIpc) is 2.65. The van der Waals surface area contributed by atoms with Crippen molar-refractivity contribution in [3.63, 3.8) is 0 Å². The van der Waals surface area contributed by atoms with Gasteiger partial charge in [0.2, 0.25) is 6.41 Å². The first-order valence-corrected chi connectivity index (χ1v) is 8.02. The lowest BCUT2D eigenvalue weighted by atomic mass is 10.1. The van der Waals surface area contributed by atoms with Crippen molar-refractivity contribution in [1.82, 2.24) is 0 Å². The molecule has 0 aliphatic rings. The molecule has 0 heterocycles. The SMILES string of the molecule is CCCNc1ccc(C#N)c(Cl)c1C.NC=O.O=Cc1ccccc1. The molecule has 2 aromatic rings. The van der Waals surface area contributed by atoms with Gasteiger partial charge < -0.3 is 11.1 Å². The van der Waals surface area contributed by atoms with Crippen molar-refractivity contribution in [2.75, 3.05) is 11.9 Å². The molecule has 0 atom stereocenters. The highest BCUT2D eigenvalue weighted by atomic mass is 35.5. The van der Waals surface area contributed by atoms with Crippen LogP contribution in [0.25, 0.3) is 0 Å². The van der Waals surface area contributed by atoms with Crippen molar-refractivity contribution in [2.45, 2.75) is 20.3 Å². The number of nitrogens with one attached hydrogen (secondary N) is 1. The predicted molar refractivity (Wildman–Crippen MR) is 102 cm³/mol. The predicted octanol–water partition coefficient (Wildman–Crippen LogP) is 3.94. The minimum atomic E-state index is 0.250. The summed E-state index contributed by atoms with van der Waals surface area (Å²) in [6.07, 6.45) is 2.15. The van der Waals surface area contributed by atoms with Crippen LogP contribution in [0.15, 0.2) is 42.5 Å². The molecule has 0 spiro atoms. The van der Waals surface area contributed by atoms with Crippen molar-refractivity contribution < 1.29 is 9.59 Å². The number of primary amides is 1. The normalized spacial score (nSPS) is 8.56. The molecule has 6 heteroatoms. The maximum atomic E-state index is 10.0. The first kappa shape index (κ1) is 22.2. The molecule has 0 aliphatic heterocycles. The van der Waals surface area contributed by atoms with E-state index in [0.29, 0.717) is 10.6 Å². The number of carbonyl (C=O) groups excluding carboxylic acids is 2. The second-order valence-corrected chi connectivity index (χ2v) is 5.18. The molecule has 5 nitrogen and oxygen atoms in total. The van der Waals surface area contributed by atoms with Crippen LogP contribution in [0.2, 0.25) is 5.02 Å². The average molecular weight is 360 g/mol. The van der Waals surface area contributed by atoms with E-state index in [9.17, 15) is 4.79 Å². The van der Waals surface area contributed by atoms with E-state index in [0.717, 1.165) is 36.1 Å². The van der Waals surface area contributed by atoms with Gasteiger partial charge in [0.15, 0.2) is 0 Å². The van der Waals surface area contributed by atoms with Gasteiger partial charge in [-0.2, -0.15) is 5.26 Å². The number of carbonyl (C=O) groups is 2. The number of benzene rings is 2. The zero-order valence-corrected chi connectivity index (χ0v) is 15.1. The Balaban J connectivity index is 0.000000440. The minimum absolute atomic E-state index is 0.250. The number of hydrogen-bond donors (Lipinski definition) is 2. The third kappa shape index (κ3) is 8.54. The van der Waals surface area contributed by atoms with E-state index in [4.69, 9.17) is 21.7 Å². The van der Waals surface area contributed by atoms with Gasteiger partial charge in [-0.1, -0.05) is 48.9 Å². The first-order chi connectivity index (χ1) is 12.0. The van der Waals surface area contributed by atoms with Gasteiger partial charge in [-0.25, -0.2) is 0 Å². The molecule has 0 saturated heterocycles. The van der Waals surface area contributed by atoms with E-state index in [1.807, 2.05) is 31.2 Å². The topological polar surface area (TPSA) is 96.0 Å². The van der Waals surface area contributed by atoms with E-state index < -0.39 is 0 Å². The Labute approximate surface area is 153 Å². The maximum Gasteiger partial charge on any atom is 0.204 e. The van der Waals surface area contributed by atoms with Crippen LogP contribution in [0.4, 0.5) is 5.69 Å². The zero-order valence-electron chi connectivity index (χ0n) is 14.3. The second kappa shape index (κ2) is 13.6. The lowest BCUT2D eigenvalue weighted by Crippen LogP contribution is -2.02. The number of nitrogens with two attached hydrogens (primary N) is 1. The van der Waals surface area contributed by atoms with E-state index >= 15 is 0 Å². The quantitative estimate of drug-likeness (QED) is 0.808. The van der Waals surface area contributed by atoms with Crippen LogP contribution in [0.5, 0.6) is 0 Å². The van der Waals surface area contributed by atoms with Gasteiger partial charge in [-0.15, -0.1) is 0 Å². The molecule has 25 heavy (non-hydrogen) atoms. The molecular weight excluding hydrogens is 338 g/mol. The highest BCUT2D eigenvalue weighted by Crippen LogP contribution is 2.26. The number of nitrogens with zero attached hydrogens (tertiary/aromatic N) is 1. The van der Waals surface area contributed by atoms with E-state index in [-0.39, 0.29) is 6.41 Å². The van der Waals surface area contributed by atoms with Gasteiger partial charge in [0.25, 0.3) is 0 Å². The third-order valence-electron chi connectivity index (χ3n) is 3.01. The summed E-state index contributed by atoms with van der Waals surface area (Å²) in [5.41, 5.74) is 7.38. The molecule has 2 aromatic carbocycles. The second-order valence-electron chi connectivity index (χ2n) is 4.80. The Bertz CT molecular complexity index is 698. The summed E-state index contributed by atoms with van der Waals surface area (Å²) in [6, 6.07) is 14.8. The molecule has 0 unspecified atom stereocenters. The number of aldehydes is 1. The lowest BCUT2D eigenvalue weighted by Gasteiger charge is -2.10. The Morgan fingerprint density at radius 2 is 1.80 bits per heavy atom. The van der Waals surface area contributed by atoms with Gasteiger partial charge in [0.1, 0.15) is 12.4 Å². The lowest BCUT2D eigenvalue weighted by molar-refractivity contribution is -0.106. The molecule has 0 aromatic heterocycles. The van der Waals surface area contributed by atoms with Crippen LogP contribution in [0.1, 0.15) is 34.8 Å². The summed E-state index contributed by atoms with van der Waals surface area (Å²) in [5, 5.41) is 12.6. The van der Waals surface area contributed by atoms with E-state index in [2.05, 4.69) is 24.0 Å². The summed E-state index contributed by atoms with van der Waals surface area (Å²) < 4.78 is 0. The molecule has 0 bridgehead atoms. The molecule has 0 fully saturated rings.